The fourth-order valence-electron chi connectivity index (χ4n) is 5.25. The number of carbonyl (C=O) groups is 3. The average Bonchev–Trinajstić information content (AvgIpc) is 3.02. The third-order valence-electron chi connectivity index (χ3n) is 7.95. The summed E-state index contributed by atoms with van der Waals surface area (Å²) in [4.78, 5) is 41.8. The Hall–Kier alpha value is -4.53. The lowest BCUT2D eigenvalue weighted by Gasteiger charge is -2.37. The van der Waals surface area contributed by atoms with Gasteiger partial charge in [-0.3, -0.25) is 9.69 Å². The van der Waals surface area contributed by atoms with Crippen molar-refractivity contribution < 1.29 is 33.7 Å². The minimum absolute atomic E-state index is 0.0239. The van der Waals surface area contributed by atoms with E-state index in [1.807, 2.05) is 80.6 Å². The lowest BCUT2D eigenvalue weighted by atomic mass is 9.87. The van der Waals surface area contributed by atoms with Crippen LogP contribution in [-0.2, 0) is 34.3 Å². The first kappa shape index (κ1) is 35.3. The van der Waals surface area contributed by atoms with Crippen molar-refractivity contribution in [2.24, 2.45) is 11.8 Å². The van der Waals surface area contributed by atoms with Crippen molar-refractivity contribution in [3.63, 3.8) is 0 Å². The van der Waals surface area contributed by atoms with Crippen LogP contribution in [0.1, 0.15) is 70.7 Å². The van der Waals surface area contributed by atoms with Crippen LogP contribution in [0.4, 0.5) is 9.59 Å². The van der Waals surface area contributed by atoms with Crippen molar-refractivity contribution in [3.05, 3.63) is 89.0 Å². The van der Waals surface area contributed by atoms with Gasteiger partial charge in [0.05, 0.1) is 19.8 Å². The summed E-state index contributed by atoms with van der Waals surface area (Å²) in [7, 11) is 0. The van der Waals surface area contributed by atoms with E-state index in [2.05, 4.69) is 34.6 Å². The molecule has 0 spiro atoms. The van der Waals surface area contributed by atoms with Crippen molar-refractivity contribution in [3.8, 4) is 17.2 Å². The predicted octanol–water partition coefficient (Wildman–Crippen LogP) is 8.08. The second-order valence-corrected chi connectivity index (χ2v) is 14.0. The topological polar surface area (TPSA) is 106 Å². The van der Waals surface area contributed by atoms with E-state index in [4.69, 9.17) is 14.2 Å². The number of carboxylic acid groups (broad SMARTS) is 1. The molecule has 1 N–H and O–H groups in total. The molecule has 0 saturated heterocycles. The molecule has 0 bridgehead atoms. The van der Waals surface area contributed by atoms with Crippen LogP contribution < -0.4 is 9.47 Å². The zero-order chi connectivity index (χ0) is 34.3. The number of fused-ring (bicyclic) bond motifs is 1. The highest BCUT2D eigenvalue weighted by molar-refractivity contribution is 5.96. The summed E-state index contributed by atoms with van der Waals surface area (Å²) in [5.74, 6) is 1.83. The Morgan fingerprint density at radius 1 is 0.851 bits per heavy atom. The third kappa shape index (κ3) is 9.73. The van der Waals surface area contributed by atoms with Gasteiger partial charge in [-0.1, -0.05) is 78.8 Å². The number of hydrogen-bond acceptors (Lipinski definition) is 6. The molecule has 0 aliphatic carbocycles. The largest absolute Gasteiger partial charge is 0.493 e. The van der Waals surface area contributed by atoms with Gasteiger partial charge in [-0.05, 0) is 82.3 Å². The molecule has 0 unspecified atom stereocenters. The zero-order valence-electron chi connectivity index (χ0n) is 28.6. The second kappa shape index (κ2) is 15.4. The molecule has 1 heterocycles. The van der Waals surface area contributed by atoms with Gasteiger partial charge in [0.25, 0.3) is 5.91 Å². The summed E-state index contributed by atoms with van der Waals surface area (Å²) in [6.07, 6.45) is -1.55. The second-order valence-electron chi connectivity index (χ2n) is 14.0. The number of imide groups is 1. The fourth-order valence-corrected chi connectivity index (χ4v) is 5.25. The summed E-state index contributed by atoms with van der Waals surface area (Å²) in [5.41, 5.74) is 3.73. The van der Waals surface area contributed by atoms with Crippen molar-refractivity contribution in [2.75, 3.05) is 19.8 Å². The van der Waals surface area contributed by atoms with Crippen LogP contribution in [0.25, 0.3) is 0 Å². The fraction of sp³-hybridized carbons (Fsp3) is 0.447. The molecular weight excluding hydrogens is 596 g/mol. The Morgan fingerprint density at radius 3 is 2.06 bits per heavy atom. The number of rotatable bonds is 11. The zero-order valence-corrected chi connectivity index (χ0v) is 28.6. The lowest BCUT2D eigenvalue weighted by Crippen LogP contribution is -2.55. The smallest absolute Gasteiger partial charge is 0.414 e. The number of amides is 3. The number of benzene rings is 3. The molecule has 47 heavy (non-hydrogen) atoms. The highest BCUT2D eigenvalue weighted by atomic mass is 16.6. The molecule has 3 amide bonds. The summed E-state index contributed by atoms with van der Waals surface area (Å²) in [6.45, 7) is 15.2. The van der Waals surface area contributed by atoms with Crippen LogP contribution in [0.2, 0.25) is 0 Å². The van der Waals surface area contributed by atoms with Crippen molar-refractivity contribution in [2.45, 2.75) is 79.3 Å². The first-order valence-electron chi connectivity index (χ1n) is 16.3. The van der Waals surface area contributed by atoms with Crippen LogP contribution in [0.3, 0.4) is 0 Å². The molecule has 0 fully saturated rings. The Balaban J connectivity index is 1.52. The monoisotopic (exact) mass is 644 g/mol. The van der Waals surface area contributed by atoms with E-state index in [9.17, 15) is 19.5 Å². The van der Waals surface area contributed by atoms with Gasteiger partial charge in [0.15, 0.2) is 0 Å². The van der Waals surface area contributed by atoms with Gasteiger partial charge in [-0.25, -0.2) is 14.5 Å². The molecular formula is C38H48N2O7. The summed E-state index contributed by atoms with van der Waals surface area (Å²) < 4.78 is 17.4. The van der Waals surface area contributed by atoms with Crippen molar-refractivity contribution in [1.29, 1.82) is 0 Å². The minimum atomic E-state index is -1.37. The maximum absolute atomic E-state index is 13.9. The van der Waals surface area contributed by atoms with E-state index < -0.39 is 24.1 Å². The van der Waals surface area contributed by atoms with E-state index in [1.54, 1.807) is 0 Å². The number of ether oxygens (including phenoxy) is 3. The minimum Gasteiger partial charge on any atom is -0.493 e. The normalized spacial score (nSPS) is 14.5. The van der Waals surface area contributed by atoms with Gasteiger partial charge >= 0.3 is 12.2 Å². The van der Waals surface area contributed by atoms with Crippen LogP contribution >= 0.6 is 0 Å². The molecule has 3 aromatic carbocycles. The molecule has 0 aromatic heterocycles. The van der Waals surface area contributed by atoms with Crippen LogP contribution in [-0.4, -0.2) is 58.8 Å². The molecule has 3 aromatic rings. The number of nitrogens with zero attached hydrogens (tertiary/aromatic N) is 2. The maximum Gasteiger partial charge on any atom is 0.414 e. The van der Waals surface area contributed by atoms with Gasteiger partial charge in [0.1, 0.15) is 23.3 Å². The van der Waals surface area contributed by atoms with Crippen LogP contribution in [0.5, 0.6) is 17.2 Å². The summed E-state index contributed by atoms with van der Waals surface area (Å²) in [5, 5.41) is 10.1. The molecule has 4 rings (SSSR count). The Morgan fingerprint density at radius 2 is 1.47 bits per heavy atom. The Bertz CT molecular complexity index is 1530. The van der Waals surface area contributed by atoms with Gasteiger partial charge < -0.3 is 19.3 Å². The molecule has 1 atom stereocenters. The molecule has 9 heteroatoms. The molecule has 1 aliphatic heterocycles. The SMILES string of the molecule is CC(C)COC(=O)N1Cc2cc(Oc3ccc(C(C)(C)C)cc3)ccc2C[C@H]1C(=O)N(CCc1ccc(OCC(C)C)cc1)C(=O)O. The van der Waals surface area contributed by atoms with Gasteiger partial charge in [0.2, 0.25) is 0 Å². The number of hydrogen-bond donors (Lipinski definition) is 1. The lowest BCUT2D eigenvalue weighted by molar-refractivity contribution is -0.135. The average molecular weight is 645 g/mol. The first-order chi connectivity index (χ1) is 22.2. The molecule has 0 radical (unpaired) electrons. The van der Waals surface area contributed by atoms with E-state index in [0.717, 1.165) is 27.3 Å². The standard InChI is InChI=1S/C38H48N2O7/c1-25(2)23-45-31-13-8-27(9-14-31)18-19-39(36(42)43)35(41)34-21-28-10-15-33(47-32-16-11-30(12-17-32)38(5,6)7)20-29(28)22-40(34)37(44)46-24-26(3)4/h8-17,20,25-26,34H,18-19,21-24H2,1-7H3,(H,42,43)/t34-/m0/s1. The van der Waals surface area contributed by atoms with Crippen LogP contribution in [0, 0.1) is 11.8 Å². The quantitative estimate of drug-likeness (QED) is 0.225. The first-order valence-corrected chi connectivity index (χ1v) is 16.3. The highest BCUT2D eigenvalue weighted by Crippen LogP contribution is 2.32. The van der Waals surface area contributed by atoms with E-state index >= 15 is 0 Å². The van der Waals surface area contributed by atoms with Crippen molar-refractivity contribution >= 4 is 18.1 Å². The van der Waals surface area contributed by atoms with E-state index in [0.29, 0.717) is 30.4 Å². The maximum atomic E-state index is 13.9. The van der Waals surface area contributed by atoms with E-state index in [-0.39, 0.29) is 37.5 Å². The van der Waals surface area contributed by atoms with Gasteiger partial charge in [0, 0.05) is 13.0 Å². The number of carbonyl (C=O) groups excluding carboxylic acids is 2. The molecule has 0 saturated carbocycles. The third-order valence-corrected chi connectivity index (χ3v) is 7.95. The van der Waals surface area contributed by atoms with Gasteiger partial charge in [-0.2, -0.15) is 0 Å². The molecule has 9 nitrogen and oxygen atoms in total. The van der Waals surface area contributed by atoms with Crippen molar-refractivity contribution in [1.82, 2.24) is 9.80 Å². The molecule has 252 valence electrons. The predicted molar refractivity (Wildman–Crippen MR) is 181 cm³/mol. The summed E-state index contributed by atoms with van der Waals surface area (Å²) >= 11 is 0. The van der Waals surface area contributed by atoms with Gasteiger partial charge in [-0.15, -0.1) is 0 Å². The Kier molecular flexibility index (Phi) is 11.6. The molecule has 1 aliphatic rings. The summed E-state index contributed by atoms with van der Waals surface area (Å²) in [6, 6.07) is 19.9. The van der Waals surface area contributed by atoms with E-state index in [1.165, 1.54) is 10.5 Å². The Labute approximate surface area is 278 Å². The van der Waals surface area contributed by atoms with Crippen LogP contribution in [0.15, 0.2) is 66.7 Å². The highest BCUT2D eigenvalue weighted by Gasteiger charge is 2.39.